The topological polar surface area (TPSA) is 102 Å². The van der Waals surface area contributed by atoms with Gasteiger partial charge in [0.05, 0.1) is 13.1 Å². The van der Waals surface area contributed by atoms with Crippen LogP contribution >= 0.6 is 0 Å². The Balaban J connectivity index is 1.79. The van der Waals surface area contributed by atoms with Crippen molar-refractivity contribution in [3.05, 3.63) is 53.7 Å². The Morgan fingerprint density at radius 3 is 2.72 bits per heavy atom. The zero-order chi connectivity index (χ0) is 18.2. The molecule has 0 spiro atoms. The Morgan fingerprint density at radius 1 is 1.32 bits per heavy atom. The third-order valence-electron chi connectivity index (χ3n) is 3.28. The summed E-state index contributed by atoms with van der Waals surface area (Å²) in [5.74, 6) is 0.349. The first kappa shape index (κ1) is 18.3. The number of nitrogens with one attached hydrogen (secondary N) is 2. The number of hydrogen-bond acceptors (Lipinski definition) is 4. The number of aliphatic imine (C=N–C) groups is 1. The van der Waals surface area contributed by atoms with Gasteiger partial charge in [-0.1, -0.05) is 12.1 Å². The highest BCUT2D eigenvalue weighted by Crippen LogP contribution is 2.16. The van der Waals surface area contributed by atoms with E-state index in [0.717, 1.165) is 0 Å². The van der Waals surface area contributed by atoms with E-state index in [1.807, 2.05) is 6.92 Å². The highest BCUT2D eigenvalue weighted by molar-refractivity contribution is 5.89. The summed E-state index contributed by atoms with van der Waals surface area (Å²) in [4.78, 5) is 15.1. The largest absolute Gasteiger partial charge is 0.486 e. The quantitative estimate of drug-likeness (QED) is 0.522. The van der Waals surface area contributed by atoms with E-state index >= 15 is 0 Å². The number of nitrogens with two attached hydrogens (primary N) is 1. The number of primary amides is 1. The lowest BCUT2D eigenvalue weighted by Gasteiger charge is -2.17. The van der Waals surface area contributed by atoms with Crippen molar-refractivity contribution in [1.29, 1.82) is 0 Å². The number of halogens is 1. The van der Waals surface area contributed by atoms with Gasteiger partial charge >= 0.3 is 0 Å². The molecule has 1 heterocycles. The third kappa shape index (κ3) is 5.52. The Morgan fingerprint density at radius 2 is 2.08 bits per heavy atom. The first-order chi connectivity index (χ1) is 12.0. The fraction of sp³-hybridized carbons (Fsp3) is 0.294. The minimum absolute atomic E-state index is 0.103. The van der Waals surface area contributed by atoms with Crippen LogP contribution in [-0.2, 0) is 6.54 Å². The zero-order valence-electron chi connectivity index (χ0n) is 14.1. The van der Waals surface area contributed by atoms with Crippen LogP contribution in [0.1, 0.15) is 23.2 Å². The van der Waals surface area contributed by atoms with Gasteiger partial charge in [-0.3, -0.25) is 9.79 Å². The van der Waals surface area contributed by atoms with E-state index < -0.39 is 11.7 Å². The van der Waals surface area contributed by atoms with E-state index in [1.165, 1.54) is 12.1 Å². The number of ether oxygens (including phenoxy) is 1. The minimum atomic E-state index is -0.618. The Hall–Kier alpha value is -3.03. The van der Waals surface area contributed by atoms with E-state index in [1.54, 1.807) is 31.3 Å². The van der Waals surface area contributed by atoms with Gasteiger partial charge in [-0.05, 0) is 31.2 Å². The van der Waals surface area contributed by atoms with Crippen LogP contribution in [0.4, 0.5) is 4.39 Å². The van der Waals surface area contributed by atoms with Crippen LogP contribution in [0.2, 0.25) is 0 Å². The summed E-state index contributed by atoms with van der Waals surface area (Å²) in [5.41, 5.74) is 5.13. The van der Waals surface area contributed by atoms with Crippen LogP contribution in [-0.4, -0.2) is 31.6 Å². The molecule has 1 amide bonds. The maximum atomic E-state index is 13.6. The van der Waals surface area contributed by atoms with Crippen molar-refractivity contribution in [3.63, 3.8) is 0 Å². The lowest BCUT2D eigenvalue weighted by Crippen LogP contribution is -2.41. The number of carbonyl (C=O) groups excluding carboxylic acids is 1. The van der Waals surface area contributed by atoms with Crippen LogP contribution in [0.5, 0.6) is 5.75 Å². The maximum absolute atomic E-state index is 13.6. The summed E-state index contributed by atoms with van der Waals surface area (Å²) in [6, 6.07) is 9.41. The lowest BCUT2D eigenvalue weighted by molar-refractivity contribution is 0.0972. The molecule has 1 atom stereocenters. The van der Waals surface area contributed by atoms with Crippen molar-refractivity contribution >= 4 is 11.9 Å². The molecule has 0 saturated heterocycles. The van der Waals surface area contributed by atoms with E-state index in [4.69, 9.17) is 14.9 Å². The smallest absolute Gasteiger partial charge is 0.284 e. The molecule has 1 aromatic heterocycles. The molecule has 0 saturated carbocycles. The normalized spacial score (nSPS) is 12.5. The second-order valence-corrected chi connectivity index (χ2v) is 5.30. The number of rotatable bonds is 7. The molecule has 4 N–H and O–H groups in total. The number of guanidine groups is 1. The molecule has 8 heteroatoms. The van der Waals surface area contributed by atoms with Crippen LogP contribution in [0.25, 0.3) is 0 Å². The molecule has 25 heavy (non-hydrogen) atoms. The SMILES string of the molecule is CN=C(NCc1ccc(C(N)=O)o1)NCC(C)Oc1ccccc1F. The van der Waals surface area contributed by atoms with Crippen molar-refractivity contribution < 1.29 is 18.3 Å². The third-order valence-corrected chi connectivity index (χ3v) is 3.28. The predicted octanol–water partition coefficient (Wildman–Crippen LogP) is 1.65. The molecule has 1 aromatic carbocycles. The number of carbonyl (C=O) groups is 1. The van der Waals surface area contributed by atoms with Gasteiger partial charge in [0.15, 0.2) is 23.3 Å². The maximum Gasteiger partial charge on any atom is 0.284 e. The van der Waals surface area contributed by atoms with Gasteiger partial charge in [0, 0.05) is 7.05 Å². The highest BCUT2D eigenvalue weighted by atomic mass is 19.1. The zero-order valence-corrected chi connectivity index (χ0v) is 14.1. The van der Waals surface area contributed by atoms with Crippen molar-refractivity contribution in [2.24, 2.45) is 10.7 Å². The molecular weight excluding hydrogens is 327 g/mol. The molecule has 0 fully saturated rings. The summed E-state index contributed by atoms with van der Waals surface area (Å²) in [7, 11) is 1.62. The second-order valence-electron chi connectivity index (χ2n) is 5.30. The Kier molecular flexibility index (Phi) is 6.39. The van der Waals surface area contributed by atoms with Gasteiger partial charge in [-0.2, -0.15) is 0 Å². The second kappa shape index (κ2) is 8.72. The summed E-state index contributed by atoms with van der Waals surface area (Å²) < 4.78 is 24.4. The number of furan rings is 1. The van der Waals surface area contributed by atoms with Crippen LogP contribution in [0.3, 0.4) is 0 Å². The molecule has 0 aliphatic heterocycles. The first-order valence-corrected chi connectivity index (χ1v) is 7.73. The lowest BCUT2D eigenvalue weighted by atomic mass is 10.3. The first-order valence-electron chi connectivity index (χ1n) is 7.73. The van der Waals surface area contributed by atoms with Crippen molar-refractivity contribution in [2.45, 2.75) is 19.6 Å². The van der Waals surface area contributed by atoms with Crippen molar-refractivity contribution in [1.82, 2.24) is 10.6 Å². The van der Waals surface area contributed by atoms with E-state index in [-0.39, 0.29) is 17.6 Å². The minimum Gasteiger partial charge on any atom is -0.486 e. The monoisotopic (exact) mass is 348 g/mol. The molecule has 0 aliphatic carbocycles. The van der Waals surface area contributed by atoms with Crippen LogP contribution < -0.4 is 21.1 Å². The number of nitrogens with zero attached hydrogens (tertiary/aromatic N) is 1. The molecule has 134 valence electrons. The average molecular weight is 348 g/mol. The molecule has 2 rings (SSSR count). The van der Waals surface area contributed by atoms with Gasteiger partial charge in [-0.25, -0.2) is 4.39 Å². The summed E-state index contributed by atoms with van der Waals surface area (Å²) in [6.45, 7) is 2.56. The van der Waals surface area contributed by atoms with Gasteiger partial charge in [0.25, 0.3) is 5.91 Å². The van der Waals surface area contributed by atoms with Crippen molar-refractivity contribution in [2.75, 3.05) is 13.6 Å². The van der Waals surface area contributed by atoms with Gasteiger partial charge in [-0.15, -0.1) is 0 Å². The number of amides is 1. The van der Waals surface area contributed by atoms with Gasteiger partial charge in [0.2, 0.25) is 0 Å². The molecule has 1 unspecified atom stereocenters. The number of benzene rings is 1. The molecule has 2 aromatic rings. The molecule has 0 radical (unpaired) electrons. The Labute approximate surface area is 145 Å². The summed E-state index contributed by atoms with van der Waals surface area (Å²) >= 11 is 0. The number of hydrogen-bond donors (Lipinski definition) is 3. The van der Waals surface area contributed by atoms with Crippen LogP contribution in [0.15, 0.2) is 45.8 Å². The van der Waals surface area contributed by atoms with Gasteiger partial charge in [0.1, 0.15) is 11.9 Å². The molecule has 0 aliphatic rings. The fourth-order valence-electron chi connectivity index (χ4n) is 2.04. The van der Waals surface area contributed by atoms with Crippen LogP contribution in [0, 0.1) is 5.82 Å². The van der Waals surface area contributed by atoms with E-state index in [0.29, 0.717) is 24.8 Å². The summed E-state index contributed by atoms with van der Waals surface area (Å²) in [5, 5.41) is 6.10. The average Bonchev–Trinajstić information content (AvgIpc) is 3.06. The van der Waals surface area contributed by atoms with Crippen molar-refractivity contribution in [3.8, 4) is 5.75 Å². The highest BCUT2D eigenvalue weighted by Gasteiger charge is 2.10. The summed E-state index contributed by atoms with van der Waals surface area (Å²) in [6.07, 6.45) is -0.277. The van der Waals surface area contributed by atoms with Gasteiger partial charge < -0.3 is 25.5 Å². The molecule has 0 bridgehead atoms. The fourth-order valence-corrected chi connectivity index (χ4v) is 2.04. The molecular formula is C17H21FN4O3. The van der Waals surface area contributed by atoms with E-state index in [2.05, 4.69) is 15.6 Å². The van der Waals surface area contributed by atoms with E-state index in [9.17, 15) is 9.18 Å². The number of para-hydroxylation sites is 1. The predicted molar refractivity (Wildman–Crippen MR) is 91.9 cm³/mol. The molecule has 7 nitrogen and oxygen atoms in total. The Bertz CT molecular complexity index is 745. The standard InChI is InChI=1S/C17H21FN4O3/c1-11(24-14-6-4-3-5-13(14)18)9-21-17(20-2)22-10-12-7-8-15(25-12)16(19)23/h3-8,11H,9-10H2,1-2H3,(H2,19,23)(H2,20,21,22).